The first-order chi connectivity index (χ1) is 18.6. The molecular weight excluding hydrogens is 478 g/mol. The average Bonchev–Trinajstić information content (AvgIpc) is 2.94. The molecule has 0 heterocycles. The highest BCUT2D eigenvalue weighted by Gasteiger charge is 2.14. The highest BCUT2D eigenvalue weighted by molar-refractivity contribution is 5.89. The van der Waals surface area contributed by atoms with Crippen LogP contribution < -0.4 is 10.1 Å². The van der Waals surface area contributed by atoms with E-state index < -0.39 is 0 Å². The van der Waals surface area contributed by atoms with Crippen LogP contribution in [0.25, 0.3) is 0 Å². The van der Waals surface area contributed by atoms with Crippen molar-refractivity contribution in [3.05, 3.63) is 95.6 Å². The third kappa shape index (κ3) is 9.92. The Morgan fingerprint density at radius 2 is 1.50 bits per heavy atom. The first-order valence-electron chi connectivity index (χ1n) is 13.5. The first kappa shape index (κ1) is 28.8. The van der Waals surface area contributed by atoms with Crippen molar-refractivity contribution in [2.24, 2.45) is 5.92 Å². The molecule has 0 amide bonds. The lowest BCUT2D eigenvalue weighted by molar-refractivity contribution is -0.143. The van der Waals surface area contributed by atoms with Gasteiger partial charge in [-0.3, -0.25) is 4.79 Å². The van der Waals surface area contributed by atoms with Crippen molar-refractivity contribution in [3.8, 4) is 5.75 Å². The monoisotopic (exact) mass is 517 g/mol. The summed E-state index contributed by atoms with van der Waals surface area (Å²) < 4.78 is 16.3. The van der Waals surface area contributed by atoms with Gasteiger partial charge in [-0.05, 0) is 74.4 Å². The molecule has 3 aromatic carbocycles. The third-order valence-corrected chi connectivity index (χ3v) is 6.24. The number of para-hydroxylation sites is 2. The molecule has 0 saturated heterocycles. The molecule has 6 nitrogen and oxygen atoms in total. The predicted octanol–water partition coefficient (Wildman–Crippen LogP) is 6.84. The van der Waals surface area contributed by atoms with Crippen LogP contribution >= 0.6 is 0 Å². The van der Waals surface area contributed by atoms with E-state index in [-0.39, 0.29) is 11.9 Å². The highest BCUT2D eigenvalue weighted by atomic mass is 16.5. The van der Waals surface area contributed by atoms with Gasteiger partial charge >= 0.3 is 11.9 Å². The molecule has 0 spiro atoms. The fraction of sp³-hybridized carbons (Fsp3) is 0.375. The number of nitrogens with one attached hydrogen (secondary N) is 1. The molecular formula is C32H39NO5. The normalized spacial score (nSPS) is 11.4. The quantitative estimate of drug-likeness (QED) is 0.166. The van der Waals surface area contributed by atoms with E-state index in [2.05, 4.69) is 17.4 Å². The summed E-state index contributed by atoms with van der Waals surface area (Å²) in [6.07, 6.45) is 3.98. The second kappa shape index (κ2) is 16.1. The van der Waals surface area contributed by atoms with E-state index in [1.165, 1.54) is 0 Å². The molecule has 1 N–H and O–H groups in total. The summed E-state index contributed by atoms with van der Waals surface area (Å²) in [7, 11) is 0. The van der Waals surface area contributed by atoms with Gasteiger partial charge in [0.25, 0.3) is 0 Å². The molecule has 0 radical (unpaired) electrons. The van der Waals surface area contributed by atoms with Gasteiger partial charge in [0.2, 0.25) is 0 Å². The van der Waals surface area contributed by atoms with E-state index in [9.17, 15) is 9.59 Å². The standard InChI is InChI=1S/C32H39NO5/c1-3-36-31(34)17-11-8-14-27(22-25-18-20-28(21-19-25)32(35)37-4-2)23-33-29-15-9-10-16-30(29)38-24-26-12-6-5-7-13-26/h5-7,9-10,12-13,15-16,18-21,27,33H,3-4,8,11,14,17,22-24H2,1-2H3. The van der Waals surface area contributed by atoms with E-state index in [4.69, 9.17) is 14.2 Å². The Morgan fingerprint density at radius 3 is 2.24 bits per heavy atom. The maximum Gasteiger partial charge on any atom is 0.338 e. The second-order valence-corrected chi connectivity index (χ2v) is 9.19. The van der Waals surface area contributed by atoms with Gasteiger partial charge in [0, 0.05) is 13.0 Å². The molecule has 0 aliphatic heterocycles. The van der Waals surface area contributed by atoms with Crippen molar-refractivity contribution < 1.29 is 23.8 Å². The zero-order valence-corrected chi connectivity index (χ0v) is 22.5. The number of carbonyl (C=O) groups excluding carboxylic acids is 2. The van der Waals surface area contributed by atoms with Crippen LogP contribution in [-0.4, -0.2) is 31.7 Å². The number of anilines is 1. The number of esters is 2. The van der Waals surface area contributed by atoms with Crippen LogP contribution in [0.5, 0.6) is 5.75 Å². The highest BCUT2D eigenvalue weighted by Crippen LogP contribution is 2.26. The van der Waals surface area contributed by atoms with Crippen LogP contribution in [0.1, 0.15) is 61.0 Å². The summed E-state index contributed by atoms with van der Waals surface area (Å²) in [5.41, 5.74) is 3.79. The summed E-state index contributed by atoms with van der Waals surface area (Å²) in [6, 6.07) is 25.7. The number of carbonyl (C=O) groups is 2. The fourth-order valence-electron chi connectivity index (χ4n) is 4.26. The summed E-state index contributed by atoms with van der Waals surface area (Å²) >= 11 is 0. The maximum atomic E-state index is 12.0. The van der Waals surface area contributed by atoms with Gasteiger partial charge in [-0.15, -0.1) is 0 Å². The van der Waals surface area contributed by atoms with Gasteiger partial charge in [0.05, 0.1) is 24.5 Å². The van der Waals surface area contributed by atoms with Gasteiger partial charge in [0.15, 0.2) is 0 Å². The Kier molecular flexibility index (Phi) is 12.2. The van der Waals surface area contributed by atoms with Gasteiger partial charge in [-0.25, -0.2) is 4.79 Å². The predicted molar refractivity (Wildman–Crippen MR) is 150 cm³/mol. The van der Waals surface area contributed by atoms with Crippen LogP contribution in [0.2, 0.25) is 0 Å². The van der Waals surface area contributed by atoms with Crippen molar-refractivity contribution in [3.63, 3.8) is 0 Å². The zero-order chi connectivity index (χ0) is 27.0. The Morgan fingerprint density at radius 1 is 0.789 bits per heavy atom. The van der Waals surface area contributed by atoms with E-state index >= 15 is 0 Å². The molecule has 0 aliphatic rings. The molecule has 1 unspecified atom stereocenters. The summed E-state index contributed by atoms with van der Waals surface area (Å²) in [5, 5.41) is 3.60. The number of benzene rings is 3. The van der Waals surface area contributed by atoms with Crippen LogP contribution in [0.3, 0.4) is 0 Å². The number of hydrogen-bond donors (Lipinski definition) is 1. The molecule has 38 heavy (non-hydrogen) atoms. The Labute approximate surface area is 226 Å². The fourth-order valence-corrected chi connectivity index (χ4v) is 4.26. The van der Waals surface area contributed by atoms with Crippen molar-refractivity contribution in [2.45, 2.75) is 52.6 Å². The first-order valence-corrected chi connectivity index (χ1v) is 13.5. The molecule has 202 valence electrons. The van der Waals surface area contributed by atoms with Crippen molar-refractivity contribution >= 4 is 17.6 Å². The minimum Gasteiger partial charge on any atom is -0.487 e. The zero-order valence-electron chi connectivity index (χ0n) is 22.5. The summed E-state index contributed by atoms with van der Waals surface area (Å²) in [4.78, 5) is 23.7. The number of hydrogen-bond acceptors (Lipinski definition) is 6. The van der Waals surface area contributed by atoms with E-state index in [1.54, 1.807) is 6.92 Å². The maximum absolute atomic E-state index is 12.0. The van der Waals surface area contributed by atoms with Gasteiger partial charge in [-0.1, -0.05) is 61.0 Å². The molecule has 0 aromatic heterocycles. The van der Waals surface area contributed by atoms with Crippen LogP contribution in [-0.2, 0) is 27.3 Å². The Balaban J connectivity index is 1.62. The molecule has 3 aromatic rings. The molecule has 0 saturated carbocycles. The van der Waals surface area contributed by atoms with E-state index in [0.717, 1.165) is 54.8 Å². The molecule has 0 bridgehead atoms. The lowest BCUT2D eigenvalue weighted by Crippen LogP contribution is -2.18. The lowest BCUT2D eigenvalue weighted by atomic mass is 9.93. The molecule has 3 rings (SSSR count). The molecule has 0 aliphatic carbocycles. The minimum absolute atomic E-state index is 0.138. The smallest absolute Gasteiger partial charge is 0.338 e. The van der Waals surface area contributed by atoms with Crippen LogP contribution in [0.4, 0.5) is 5.69 Å². The van der Waals surface area contributed by atoms with E-state index in [0.29, 0.717) is 37.7 Å². The van der Waals surface area contributed by atoms with Gasteiger partial charge < -0.3 is 19.5 Å². The minimum atomic E-state index is -0.302. The number of unbranched alkanes of at least 4 members (excludes halogenated alkanes) is 1. The van der Waals surface area contributed by atoms with E-state index in [1.807, 2.05) is 73.7 Å². The van der Waals surface area contributed by atoms with Crippen molar-refractivity contribution in [2.75, 3.05) is 25.1 Å². The van der Waals surface area contributed by atoms with Crippen molar-refractivity contribution in [1.82, 2.24) is 0 Å². The summed E-state index contributed by atoms with van der Waals surface area (Å²) in [5.74, 6) is 0.702. The van der Waals surface area contributed by atoms with Crippen molar-refractivity contribution in [1.29, 1.82) is 0 Å². The SMILES string of the molecule is CCOC(=O)CCCCC(CNc1ccccc1OCc1ccccc1)Cc1ccc(C(=O)OCC)cc1. The largest absolute Gasteiger partial charge is 0.487 e. The Bertz CT molecular complexity index is 1110. The average molecular weight is 518 g/mol. The Hall–Kier alpha value is -3.80. The van der Waals surface area contributed by atoms with Gasteiger partial charge in [0.1, 0.15) is 12.4 Å². The third-order valence-electron chi connectivity index (χ3n) is 6.24. The second-order valence-electron chi connectivity index (χ2n) is 9.19. The lowest BCUT2D eigenvalue weighted by Gasteiger charge is -2.20. The van der Waals surface area contributed by atoms with Gasteiger partial charge in [-0.2, -0.15) is 0 Å². The molecule has 1 atom stereocenters. The molecule has 0 fully saturated rings. The topological polar surface area (TPSA) is 73.9 Å². The van der Waals surface area contributed by atoms with Crippen LogP contribution in [0, 0.1) is 5.92 Å². The molecule has 6 heteroatoms. The van der Waals surface area contributed by atoms with Crippen LogP contribution in [0.15, 0.2) is 78.9 Å². The number of ether oxygens (including phenoxy) is 3. The number of rotatable bonds is 16. The summed E-state index contributed by atoms with van der Waals surface area (Å²) in [6.45, 7) is 5.66.